The average Bonchev–Trinajstić information content (AvgIpc) is 2.79. The molecule has 6 nitrogen and oxygen atoms in total. The summed E-state index contributed by atoms with van der Waals surface area (Å²) in [7, 11) is 1.59. The average molecular weight is 440 g/mol. The Balaban J connectivity index is 1.25. The zero-order valence-corrected chi connectivity index (χ0v) is 18.5. The molecular formula is C25H30FN3O3. The van der Waals surface area contributed by atoms with Crippen molar-refractivity contribution in [3.63, 3.8) is 0 Å². The van der Waals surface area contributed by atoms with Crippen LogP contribution in [0.4, 0.5) is 4.39 Å². The topological polar surface area (TPSA) is 61.9 Å². The van der Waals surface area contributed by atoms with E-state index >= 15 is 0 Å². The maximum absolute atomic E-state index is 13.8. The SMILES string of the molecule is COc1ccc(C(=O)NCCN2CCN(C(=O)C3(c4cccc(F)c4)CCC3)CC2)cc1. The minimum atomic E-state index is -0.559. The summed E-state index contributed by atoms with van der Waals surface area (Å²) < 4.78 is 18.9. The first-order chi connectivity index (χ1) is 15.5. The van der Waals surface area contributed by atoms with Gasteiger partial charge in [-0.05, 0) is 54.8 Å². The normalized spacial score (nSPS) is 18.0. The molecule has 32 heavy (non-hydrogen) atoms. The van der Waals surface area contributed by atoms with E-state index in [1.807, 2.05) is 11.0 Å². The molecule has 0 spiro atoms. The monoisotopic (exact) mass is 439 g/mol. The van der Waals surface area contributed by atoms with E-state index in [1.165, 1.54) is 12.1 Å². The first-order valence-corrected chi connectivity index (χ1v) is 11.2. The van der Waals surface area contributed by atoms with E-state index < -0.39 is 5.41 Å². The van der Waals surface area contributed by atoms with Gasteiger partial charge in [0, 0.05) is 44.8 Å². The van der Waals surface area contributed by atoms with Gasteiger partial charge >= 0.3 is 0 Å². The van der Waals surface area contributed by atoms with E-state index in [9.17, 15) is 14.0 Å². The molecule has 1 aliphatic heterocycles. The fraction of sp³-hybridized carbons (Fsp3) is 0.440. The van der Waals surface area contributed by atoms with Crippen LogP contribution in [0.5, 0.6) is 5.75 Å². The number of amides is 2. The zero-order valence-electron chi connectivity index (χ0n) is 18.5. The predicted octanol–water partition coefficient (Wildman–Crippen LogP) is 2.83. The van der Waals surface area contributed by atoms with Crippen molar-refractivity contribution in [1.82, 2.24) is 15.1 Å². The molecule has 4 rings (SSSR count). The number of nitrogens with one attached hydrogen (secondary N) is 1. The second-order valence-corrected chi connectivity index (χ2v) is 8.56. The second kappa shape index (κ2) is 9.69. The summed E-state index contributed by atoms with van der Waals surface area (Å²) in [5.41, 5.74) is 0.846. The van der Waals surface area contributed by atoms with Crippen LogP contribution in [-0.2, 0) is 10.2 Å². The Kier molecular flexibility index (Phi) is 6.74. The minimum absolute atomic E-state index is 0.108. The number of nitrogens with zero attached hydrogens (tertiary/aromatic N) is 2. The molecule has 1 saturated carbocycles. The molecule has 7 heteroatoms. The Labute approximate surface area is 188 Å². The van der Waals surface area contributed by atoms with Gasteiger partial charge in [-0.3, -0.25) is 14.5 Å². The standard InChI is InChI=1S/C25H30FN3O3/c1-32-22-8-6-19(7-9-22)23(30)27-12-13-28-14-16-29(17-15-28)24(31)25(10-3-11-25)20-4-2-5-21(26)18-20/h2,4-9,18H,3,10-17H2,1H3,(H,27,30). The van der Waals surface area contributed by atoms with E-state index in [4.69, 9.17) is 4.74 Å². The lowest BCUT2D eigenvalue weighted by molar-refractivity contribution is -0.142. The van der Waals surface area contributed by atoms with E-state index in [1.54, 1.807) is 37.4 Å². The Morgan fingerprint density at radius 3 is 2.38 bits per heavy atom. The highest BCUT2D eigenvalue weighted by molar-refractivity contribution is 5.94. The largest absolute Gasteiger partial charge is 0.497 e. The highest BCUT2D eigenvalue weighted by atomic mass is 19.1. The predicted molar refractivity (Wildman–Crippen MR) is 120 cm³/mol. The van der Waals surface area contributed by atoms with E-state index in [0.29, 0.717) is 25.2 Å². The lowest BCUT2D eigenvalue weighted by Crippen LogP contribution is -2.57. The molecule has 2 fully saturated rings. The molecule has 2 amide bonds. The number of carbonyl (C=O) groups is 2. The van der Waals surface area contributed by atoms with Crippen LogP contribution in [0.15, 0.2) is 48.5 Å². The minimum Gasteiger partial charge on any atom is -0.497 e. The highest BCUT2D eigenvalue weighted by Gasteiger charge is 2.48. The van der Waals surface area contributed by atoms with Gasteiger partial charge in [0.1, 0.15) is 11.6 Å². The van der Waals surface area contributed by atoms with Crippen molar-refractivity contribution < 1.29 is 18.7 Å². The Bertz CT molecular complexity index is 951. The zero-order chi connectivity index (χ0) is 22.6. The van der Waals surface area contributed by atoms with Crippen LogP contribution in [0.1, 0.15) is 35.2 Å². The third-order valence-electron chi connectivity index (χ3n) is 6.72. The number of hydrogen-bond donors (Lipinski definition) is 1. The summed E-state index contributed by atoms with van der Waals surface area (Å²) in [4.78, 5) is 29.8. The number of carbonyl (C=O) groups excluding carboxylic acids is 2. The van der Waals surface area contributed by atoms with Crippen LogP contribution in [-0.4, -0.2) is 68.0 Å². The van der Waals surface area contributed by atoms with Crippen molar-refractivity contribution in [1.29, 1.82) is 0 Å². The summed E-state index contributed by atoms with van der Waals surface area (Å²) in [5.74, 6) is 0.448. The van der Waals surface area contributed by atoms with Crippen LogP contribution in [0.3, 0.4) is 0 Å². The van der Waals surface area contributed by atoms with Gasteiger partial charge in [-0.1, -0.05) is 18.6 Å². The molecule has 2 aromatic carbocycles. The quantitative estimate of drug-likeness (QED) is 0.721. The number of piperazine rings is 1. The number of benzene rings is 2. The van der Waals surface area contributed by atoms with Gasteiger partial charge in [0.25, 0.3) is 5.91 Å². The van der Waals surface area contributed by atoms with Crippen LogP contribution in [0.25, 0.3) is 0 Å². The van der Waals surface area contributed by atoms with Crippen molar-refractivity contribution in [3.05, 3.63) is 65.5 Å². The van der Waals surface area contributed by atoms with Gasteiger partial charge < -0.3 is 15.0 Å². The number of methoxy groups -OCH3 is 1. The number of rotatable bonds is 7. The fourth-order valence-electron chi connectivity index (χ4n) is 4.59. The summed E-state index contributed by atoms with van der Waals surface area (Å²) in [6.07, 6.45) is 2.57. The number of halogens is 1. The molecule has 0 unspecified atom stereocenters. The smallest absolute Gasteiger partial charge is 0.251 e. The Morgan fingerprint density at radius 2 is 1.78 bits per heavy atom. The first-order valence-electron chi connectivity index (χ1n) is 11.2. The molecule has 0 bridgehead atoms. The van der Waals surface area contributed by atoms with Crippen molar-refractivity contribution in [3.8, 4) is 5.75 Å². The molecule has 2 aromatic rings. The van der Waals surface area contributed by atoms with E-state index in [0.717, 1.165) is 50.2 Å². The summed E-state index contributed by atoms with van der Waals surface area (Å²) in [6.45, 7) is 4.13. The lowest BCUT2D eigenvalue weighted by atomic mass is 9.63. The number of ether oxygens (including phenoxy) is 1. The summed E-state index contributed by atoms with van der Waals surface area (Å²) >= 11 is 0. The third kappa shape index (κ3) is 4.63. The van der Waals surface area contributed by atoms with Crippen LogP contribution < -0.4 is 10.1 Å². The lowest BCUT2D eigenvalue weighted by Gasteiger charge is -2.46. The van der Waals surface area contributed by atoms with Gasteiger partial charge in [0.15, 0.2) is 0 Å². The van der Waals surface area contributed by atoms with Crippen LogP contribution in [0.2, 0.25) is 0 Å². The van der Waals surface area contributed by atoms with Crippen molar-refractivity contribution in [2.24, 2.45) is 0 Å². The molecular weight excluding hydrogens is 409 g/mol. The van der Waals surface area contributed by atoms with Gasteiger partial charge in [-0.15, -0.1) is 0 Å². The van der Waals surface area contributed by atoms with Crippen molar-refractivity contribution >= 4 is 11.8 Å². The molecule has 0 radical (unpaired) electrons. The van der Waals surface area contributed by atoms with Gasteiger partial charge in [-0.2, -0.15) is 0 Å². The molecule has 170 valence electrons. The molecule has 1 saturated heterocycles. The van der Waals surface area contributed by atoms with Crippen molar-refractivity contribution in [2.45, 2.75) is 24.7 Å². The second-order valence-electron chi connectivity index (χ2n) is 8.56. The maximum Gasteiger partial charge on any atom is 0.251 e. The highest BCUT2D eigenvalue weighted by Crippen LogP contribution is 2.45. The third-order valence-corrected chi connectivity index (χ3v) is 6.72. The van der Waals surface area contributed by atoms with Crippen LogP contribution >= 0.6 is 0 Å². The van der Waals surface area contributed by atoms with Crippen molar-refractivity contribution in [2.75, 3.05) is 46.4 Å². The number of hydrogen-bond acceptors (Lipinski definition) is 4. The Hall–Kier alpha value is -2.93. The molecule has 1 N–H and O–H groups in total. The molecule has 0 atom stereocenters. The van der Waals surface area contributed by atoms with E-state index in [-0.39, 0.29) is 17.6 Å². The first kappa shape index (κ1) is 22.3. The molecule has 1 aliphatic carbocycles. The molecule has 2 aliphatic rings. The van der Waals surface area contributed by atoms with E-state index in [2.05, 4.69) is 10.2 Å². The maximum atomic E-state index is 13.8. The van der Waals surface area contributed by atoms with Crippen LogP contribution in [0, 0.1) is 5.82 Å². The van der Waals surface area contributed by atoms with Gasteiger partial charge in [0.2, 0.25) is 5.91 Å². The van der Waals surface area contributed by atoms with Gasteiger partial charge in [0.05, 0.1) is 12.5 Å². The fourth-order valence-corrected chi connectivity index (χ4v) is 4.59. The molecule has 1 heterocycles. The summed E-state index contributed by atoms with van der Waals surface area (Å²) in [6, 6.07) is 13.5. The molecule has 0 aromatic heterocycles. The van der Waals surface area contributed by atoms with Gasteiger partial charge in [-0.25, -0.2) is 4.39 Å². The Morgan fingerprint density at radius 1 is 1.06 bits per heavy atom. The summed E-state index contributed by atoms with van der Waals surface area (Å²) in [5, 5.41) is 2.95.